The summed E-state index contributed by atoms with van der Waals surface area (Å²) >= 11 is 0. The summed E-state index contributed by atoms with van der Waals surface area (Å²) in [4.78, 5) is 11.0. The van der Waals surface area contributed by atoms with E-state index in [1.54, 1.807) is 6.33 Å². The standard InChI is InChI=1S/C13H18N6/c1-10-6-11(19-12(17-10)15-9-16-19)18-5-3-13(8-18)2-4-14-7-13/h6,9,14H,2-5,7-8H2,1H3. The zero-order chi connectivity index (χ0) is 12.9. The van der Waals surface area contributed by atoms with Gasteiger partial charge >= 0.3 is 0 Å². The molecule has 2 aromatic heterocycles. The van der Waals surface area contributed by atoms with E-state index in [-0.39, 0.29) is 0 Å². The molecule has 0 aromatic carbocycles. The number of anilines is 1. The van der Waals surface area contributed by atoms with Gasteiger partial charge in [-0.3, -0.25) is 0 Å². The van der Waals surface area contributed by atoms with Crippen LogP contribution in [-0.2, 0) is 0 Å². The molecule has 1 N–H and O–H groups in total. The van der Waals surface area contributed by atoms with E-state index in [9.17, 15) is 0 Å². The second-order valence-corrected chi connectivity index (χ2v) is 5.83. The van der Waals surface area contributed by atoms with E-state index in [2.05, 4.69) is 31.3 Å². The fourth-order valence-electron chi connectivity index (χ4n) is 3.41. The lowest BCUT2D eigenvalue weighted by atomic mass is 9.87. The van der Waals surface area contributed by atoms with E-state index in [4.69, 9.17) is 0 Å². The Labute approximate surface area is 111 Å². The second kappa shape index (κ2) is 3.90. The van der Waals surface area contributed by atoms with Crippen LogP contribution in [0.25, 0.3) is 5.78 Å². The third-order valence-electron chi connectivity index (χ3n) is 4.46. The summed E-state index contributed by atoms with van der Waals surface area (Å²) in [6.07, 6.45) is 4.12. The largest absolute Gasteiger partial charge is 0.356 e. The Hall–Kier alpha value is -1.69. The van der Waals surface area contributed by atoms with E-state index in [0.29, 0.717) is 11.2 Å². The van der Waals surface area contributed by atoms with Gasteiger partial charge in [0.05, 0.1) is 0 Å². The molecule has 4 heterocycles. The second-order valence-electron chi connectivity index (χ2n) is 5.83. The minimum absolute atomic E-state index is 0.462. The van der Waals surface area contributed by atoms with Crippen LogP contribution in [0, 0.1) is 12.3 Å². The van der Waals surface area contributed by atoms with E-state index in [1.165, 1.54) is 12.8 Å². The van der Waals surface area contributed by atoms with Crippen molar-refractivity contribution < 1.29 is 0 Å². The number of hydrogen-bond acceptors (Lipinski definition) is 5. The maximum Gasteiger partial charge on any atom is 0.254 e. The summed E-state index contributed by atoms with van der Waals surface area (Å²) in [5, 5.41) is 7.80. The first kappa shape index (κ1) is 11.2. The molecule has 2 aromatic rings. The lowest BCUT2D eigenvalue weighted by molar-refractivity contribution is 0.369. The Bertz CT molecular complexity index is 613. The van der Waals surface area contributed by atoms with Crippen LogP contribution in [-0.4, -0.2) is 45.8 Å². The van der Waals surface area contributed by atoms with Crippen LogP contribution in [0.5, 0.6) is 0 Å². The molecule has 2 saturated heterocycles. The van der Waals surface area contributed by atoms with Crippen LogP contribution in [0.15, 0.2) is 12.4 Å². The van der Waals surface area contributed by atoms with Gasteiger partial charge in [-0.25, -0.2) is 4.98 Å². The third kappa shape index (κ3) is 1.70. The Morgan fingerprint density at radius 2 is 2.32 bits per heavy atom. The van der Waals surface area contributed by atoms with Gasteiger partial charge in [0.1, 0.15) is 12.1 Å². The van der Waals surface area contributed by atoms with Crippen molar-refractivity contribution in [2.75, 3.05) is 31.1 Å². The molecule has 2 aliphatic rings. The summed E-state index contributed by atoms with van der Waals surface area (Å²) in [5.74, 6) is 1.82. The zero-order valence-corrected chi connectivity index (χ0v) is 11.1. The van der Waals surface area contributed by atoms with Crippen LogP contribution >= 0.6 is 0 Å². The van der Waals surface area contributed by atoms with Gasteiger partial charge in [0.15, 0.2) is 0 Å². The minimum atomic E-state index is 0.462. The fourth-order valence-corrected chi connectivity index (χ4v) is 3.41. The van der Waals surface area contributed by atoms with Gasteiger partial charge in [-0.15, -0.1) is 0 Å². The molecule has 0 aliphatic carbocycles. The third-order valence-corrected chi connectivity index (χ3v) is 4.46. The highest BCUT2D eigenvalue weighted by Gasteiger charge is 2.41. The molecule has 1 unspecified atom stereocenters. The number of fused-ring (bicyclic) bond motifs is 1. The summed E-state index contributed by atoms with van der Waals surface area (Å²) in [6.45, 7) is 6.52. The number of hydrogen-bond donors (Lipinski definition) is 1. The lowest BCUT2D eigenvalue weighted by Gasteiger charge is -2.24. The molecule has 1 atom stereocenters. The highest BCUT2D eigenvalue weighted by molar-refractivity contribution is 5.48. The molecule has 2 fully saturated rings. The Kier molecular flexibility index (Phi) is 2.29. The number of nitrogens with zero attached hydrogens (tertiary/aromatic N) is 5. The predicted molar refractivity (Wildman–Crippen MR) is 72.3 cm³/mol. The molecule has 2 aliphatic heterocycles. The van der Waals surface area contributed by atoms with Gasteiger partial charge in [0.2, 0.25) is 0 Å². The van der Waals surface area contributed by atoms with E-state index < -0.39 is 0 Å². The maximum absolute atomic E-state index is 4.41. The average Bonchev–Trinajstić information content (AvgIpc) is 3.11. The highest BCUT2D eigenvalue weighted by Crippen LogP contribution is 2.38. The molecule has 0 amide bonds. The Morgan fingerprint density at radius 3 is 3.16 bits per heavy atom. The predicted octanol–water partition coefficient (Wildman–Crippen LogP) is 0.623. The van der Waals surface area contributed by atoms with Crippen molar-refractivity contribution in [1.29, 1.82) is 0 Å². The average molecular weight is 258 g/mol. The quantitative estimate of drug-likeness (QED) is 0.812. The zero-order valence-electron chi connectivity index (χ0n) is 11.1. The van der Waals surface area contributed by atoms with Crippen molar-refractivity contribution in [1.82, 2.24) is 24.9 Å². The fraction of sp³-hybridized carbons (Fsp3) is 0.615. The molecule has 0 bridgehead atoms. The van der Waals surface area contributed by atoms with Gasteiger partial charge in [-0.1, -0.05) is 0 Å². The molecule has 100 valence electrons. The molecular formula is C13H18N6. The van der Waals surface area contributed by atoms with Crippen molar-refractivity contribution >= 4 is 11.6 Å². The number of rotatable bonds is 1. The molecule has 4 rings (SSSR count). The first-order chi connectivity index (χ1) is 9.26. The summed E-state index contributed by atoms with van der Waals surface area (Å²) in [6, 6.07) is 2.11. The van der Waals surface area contributed by atoms with Crippen molar-refractivity contribution in [3.63, 3.8) is 0 Å². The first-order valence-electron chi connectivity index (χ1n) is 6.89. The molecule has 0 radical (unpaired) electrons. The smallest absolute Gasteiger partial charge is 0.254 e. The maximum atomic E-state index is 4.41. The minimum Gasteiger partial charge on any atom is -0.356 e. The topological polar surface area (TPSA) is 58.4 Å². The Morgan fingerprint density at radius 1 is 1.37 bits per heavy atom. The van der Waals surface area contributed by atoms with Gasteiger partial charge in [-0.2, -0.15) is 14.6 Å². The van der Waals surface area contributed by atoms with E-state index in [1.807, 2.05) is 11.4 Å². The lowest BCUT2D eigenvalue weighted by Crippen LogP contribution is -2.30. The van der Waals surface area contributed by atoms with Gasteiger partial charge in [0, 0.05) is 36.8 Å². The van der Waals surface area contributed by atoms with Gasteiger partial charge in [-0.05, 0) is 26.3 Å². The first-order valence-corrected chi connectivity index (χ1v) is 6.89. The van der Waals surface area contributed by atoms with Crippen LogP contribution in [0.2, 0.25) is 0 Å². The normalized spacial score (nSPS) is 26.9. The molecule has 19 heavy (non-hydrogen) atoms. The molecule has 0 saturated carbocycles. The van der Waals surface area contributed by atoms with E-state index >= 15 is 0 Å². The van der Waals surface area contributed by atoms with Crippen molar-refractivity contribution in [2.45, 2.75) is 19.8 Å². The molecular weight excluding hydrogens is 240 g/mol. The van der Waals surface area contributed by atoms with Crippen molar-refractivity contribution in [3.05, 3.63) is 18.1 Å². The van der Waals surface area contributed by atoms with Crippen LogP contribution in [0.4, 0.5) is 5.82 Å². The summed E-state index contributed by atoms with van der Waals surface area (Å²) in [5.41, 5.74) is 1.46. The number of nitrogens with one attached hydrogen (secondary N) is 1. The molecule has 6 nitrogen and oxygen atoms in total. The Balaban J connectivity index is 1.73. The monoisotopic (exact) mass is 258 g/mol. The van der Waals surface area contributed by atoms with E-state index in [0.717, 1.165) is 37.7 Å². The van der Waals surface area contributed by atoms with Crippen LogP contribution in [0.1, 0.15) is 18.5 Å². The summed E-state index contributed by atoms with van der Waals surface area (Å²) in [7, 11) is 0. The molecule has 6 heteroatoms. The van der Waals surface area contributed by atoms with Gasteiger partial charge < -0.3 is 10.2 Å². The highest BCUT2D eigenvalue weighted by atomic mass is 15.4. The number of aryl methyl sites for hydroxylation is 1. The van der Waals surface area contributed by atoms with Crippen molar-refractivity contribution in [2.24, 2.45) is 5.41 Å². The van der Waals surface area contributed by atoms with Crippen LogP contribution in [0.3, 0.4) is 0 Å². The molecule has 1 spiro atoms. The summed E-state index contributed by atoms with van der Waals surface area (Å²) < 4.78 is 1.86. The SMILES string of the molecule is Cc1cc(N2CCC3(CCNC3)C2)n2ncnc2n1. The van der Waals surface area contributed by atoms with Crippen LogP contribution < -0.4 is 10.2 Å². The van der Waals surface area contributed by atoms with Gasteiger partial charge in [0.25, 0.3) is 5.78 Å². The number of aromatic nitrogens is 4. The van der Waals surface area contributed by atoms with Crippen molar-refractivity contribution in [3.8, 4) is 0 Å².